The lowest BCUT2D eigenvalue weighted by Crippen LogP contribution is -2.60. The molecule has 0 aliphatic rings. The van der Waals surface area contributed by atoms with E-state index in [2.05, 4.69) is 0 Å². The quantitative estimate of drug-likeness (QED) is 0.456. The van der Waals surface area contributed by atoms with E-state index >= 15 is 0 Å². The molecule has 4 N–H and O–H groups in total. The van der Waals surface area contributed by atoms with Gasteiger partial charge in [-0.15, -0.1) is 0 Å². The monoisotopic (exact) mass is 178 g/mol. The number of aliphatic hydroxyl groups excluding tert-OH is 2. The van der Waals surface area contributed by atoms with Crippen molar-refractivity contribution in [2.75, 3.05) is 6.61 Å². The second-order valence-electron chi connectivity index (χ2n) is 3.57. The van der Waals surface area contributed by atoms with Gasteiger partial charge in [-0.25, -0.2) is 0 Å². The first kappa shape index (κ1) is 11.8. The van der Waals surface area contributed by atoms with Gasteiger partial charge in [0.2, 0.25) is 0 Å². The molecule has 0 heterocycles. The van der Waals surface area contributed by atoms with Gasteiger partial charge in [-0.05, 0) is 20.3 Å². The van der Waals surface area contributed by atoms with Crippen LogP contribution in [0.1, 0.15) is 27.2 Å². The summed E-state index contributed by atoms with van der Waals surface area (Å²) >= 11 is 0. The summed E-state index contributed by atoms with van der Waals surface area (Å²) < 4.78 is 0. The third kappa shape index (κ3) is 1.95. The van der Waals surface area contributed by atoms with E-state index in [4.69, 9.17) is 5.11 Å². The topological polar surface area (TPSA) is 80.9 Å². The van der Waals surface area contributed by atoms with Crippen LogP contribution in [0, 0.1) is 0 Å². The van der Waals surface area contributed by atoms with E-state index in [0.29, 0.717) is 0 Å². The molecular weight excluding hydrogens is 160 g/mol. The van der Waals surface area contributed by atoms with Gasteiger partial charge in [0, 0.05) is 0 Å². The summed E-state index contributed by atoms with van der Waals surface area (Å²) in [5.41, 5.74) is -3.36. The second-order valence-corrected chi connectivity index (χ2v) is 3.57. The normalized spacial score (nSPS) is 20.2. The lowest BCUT2D eigenvalue weighted by molar-refractivity contribution is -0.205. The maximum absolute atomic E-state index is 9.68. The summed E-state index contributed by atoms with van der Waals surface area (Å²) in [6.45, 7) is 3.70. The van der Waals surface area contributed by atoms with E-state index in [1.54, 1.807) is 6.92 Å². The predicted molar refractivity (Wildman–Crippen MR) is 44.6 cm³/mol. The molecule has 4 heteroatoms. The van der Waals surface area contributed by atoms with Gasteiger partial charge in [0.15, 0.2) is 0 Å². The summed E-state index contributed by atoms with van der Waals surface area (Å²) in [5, 5.41) is 37.3. The molecule has 0 radical (unpaired) electrons. The van der Waals surface area contributed by atoms with E-state index in [1.807, 2.05) is 0 Å². The van der Waals surface area contributed by atoms with Crippen LogP contribution in [0.15, 0.2) is 0 Å². The lowest BCUT2D eigenvalue weighted by atomic mass is 9.81. The van der Waals surface area contributed by atoms with E-state index in [9.17, 15) is 15.3 Å². The third-order valence-corrected chi connectivity index (χ3v) is 2.24. The van der Waals surface area contributed by atoms with E-state index in [-0.39, 0.29) is 6.42 Å². The molecule has 0 amide bonds. The van der Waals surface area contributed by atoms with Crippen molar-refractivity contribution in [3.05, 3.63) is 0 Å². The van der Waals surface area contributed by atoms with Crippen molar-refractivity contribution in [2.24, 2.45) is 0 Å². The Hall–Kier alpha value is -0.160. The average molecular weight is 178 g/mol. The molecule has 0 rings (SSSR count). The fourth-order valence-corrected chi connectivity index (χ4v) is 1.04. The zero-order chi connectivity index (χ0) is 9.99. The molecule has 0 fully saturated rings. The van der Waals surface area contributed by atoms with Gasteiger partial charge in [0.1, 0.15) is 5.60 Å². The van der Waals surface area contributed by atoms with Crippen LogP contribution in [0.2, 0.25) is 0 Å². The van der Waals surface area contributed by atoms with Crippen LogP contribution in [0.25, 0.3) is 0 Å². The smallest absolute Gasteiger partial charge is 0.141 e. The largest absolute Gasteiger partial charge is 0.393 e. The Morgan fingerprint density at radius 2 is 1.67 bits per heavy atom. The van der Waals surface area contributed by atoms with Crippen LogP contribution < -0.4 is 0 Å². The van der Waals surface area contributed by atoms with Crippen LogP contribution in [0.5, 0.6) is 0 Å². The first-order valence-electron chi connectivity index (χ1n) is 4.03. The molecule has 0 aromatic rings. The Morgan fingerprint density at radius 1 is 1.25 bits per heavy atom. The minimum atomic E-state index is -1.85. The van der Waals surface area contributed by atoms with Crippen molar-refractivity contribution < 1.29 is 20.4 Å². The van der Waals surface area contributed by atoms with Gasteiger partial charge < -0.3 is 20.4 Å². The molecule has 0 aliphatic carbocycles. The highest BCUT2D eigenvalue weighted by Crippen LogP contribution is 2.26. The molecule has 0 saturated heterocycles. The van der Waals surface area contributed by atoms with Crippen LogP contribution in [0.3, 0.4) is 0 Å². The first-order valence-corrected chi connectivity index (χ1v) is 4.03. The molecule has 0 aromatic heterocycles. The van der Waals surface area contributed by atoms with Crippen LogP contribution in [-0.2, 0) is 0 Å². The van der Waals surface area contributed by atoms with Gasteiger partial charge in [0.25, 0.3) is 0 Å². The molecule has 0 saturated carbocycles. The molecule has 2 atom stereocenters. The minimum Gasteiger partial charge on any atom is -0.393 e. The Bertz CT molecular complexity index is 140. The fraction of sp³-hybridized carbons (Fsp3) is 1.00. The van der Waals surface area contributed by atoms with Gasteiger partial charge in [-0.2, -0.15) is 0 Å². The second kappa shape index (κ2) is 3.70. The van der Waals surface area contributed by atoms with Crippen LogP contribution in [-0.4, -0.2) is 44.3 Å². The van der Waals surface area contributed by atoms with Gasteiger partial charge >= 0.3 is 0 Å². The molecule has 74 valence electrons. The van der Waals surface area contributed by atoms with Gasteiger partial charge in [0.05, 0.1) is 18.3 Å². The molecule has 4 nitrogen and oxygen atoms in total. The van der Waals surface area contributed by atoms with E-state index < -0.39 is 23.9 Å². The highest BCUT2D eigenvalue weighted by Gasteiger charge is 2.46. The van der Waals surface area contributed by atoms with Gasteiger partial charge in [-0.3, -0.25) is 0 Å². The zero-order valence-corrected chi connectivity index (χ0v) is 7.78. The summed E-state index contributed by atoms with van der Waals surface area (Å²) in [5.74, 6) is 0. The average Bonchev–Trinajstić information content (AvgIpc) is 1.99. The molecule has 0 aromatic carbocycles. The minimum absolute atomic E-state index is 0.279. The summed E-state index contributed by atoms with van der Waals surface area (Å²) in [6.07, 6.45) is -0.844. The summed E-state index contributed by atoms with van der Waals surface area (Å²) in [6, 6.07) is 0. The van der Waals surface area contributed by atoms with Gasteiger partial charge in [-0.1, -0.05) is 6.92 Å². The fourth-order valence-electron chi connectivity index (χ4n) is 1.04. The lowest BCUT2D eigenvalue weighted by Gasteiger charge is -2.40. The van der Waals surface area contributed by atoms with E-state index in [0.717, 1.165) is 0 Å². The summed E-state index contributed by atoms with van der Waals surface area (Å²) in [4.78, 5) is 0. The Balaban J connectivity index is 4.67. The van der Waals surface area contributed by atoms with Crippen molar-refractivity contribution in [3.63, 3.8) is 0 Å². The molecule has 0 aliphatic heterocycles. The molecule has 0 spiro atoms. The Labute approximate surface area is 72.5 Å². The van der Waals surface area contributed by atoms with Crippen LogP contribution >= 0.6 is 0 Å². The molecule has 12 heavy (non-hydrogen) atoms. The van der Waals surface area contributed by atoms with Crippen molar-refractivity contribution in [2.45, 2.75) is 44.5 Å². The predicted octanol–water partition coefficient (Wildman–Crippen LogP) is -0.748. The SMILES string of the molecule is CCC(O)C(O)(CO)C(C)(C)O. The van der Waals surface area contributed by atoms with Crippen molar-refractivity contribution in [1.82, 2.24) is 0 Å². The number of hydrogen-bond donors (Lipinski definition) is 4. The maximum Gasteiger partial charge on any atom is 0.141 e. The highest BCUT2D eigenvalue weighted by atomic mass is 16.4. The molecule has 2 unspecified atom stereocenters. The standard InChI is InChI=1S/C8H18O4/c1-4-6(10)8(12,5-9)7(2,3)11/h6,9-12H,4-5H2,1-3H3. The first-order chi connectivity index (χ1) is 5.29. The maximum atomic E-state index is 9.68. The molecular formula is C8H18O4. The van der Waals surface area contributed by atoms with Crippen LogP contribution in [0.4, 0.5) is 0 Å². The number of hydrogen-bond acceptors (Lipinski definition) is 4. The molecule has 0 bridgehead atoms. The Kier molecular flexibility index (Phi) is 3.65. The highest BCUT2D eigenvalue weighted by molar-refractivity contribution is 4.98. The Morgan fingerprint density at radius 3 is 1.75 bits per heavy atom. The van der Waals surface area contributed by atoms with E-state index in [1.165, 1.54) is 13.8 Å². The number of rotatable bonds is 4. The van der Waals surface area contributed by atoms with Crippen molar-refractivity contribution in [1.29, 1.82) is 0 Å². The number of aliphatic hydroxyl groups is 4. The summed E-state index contributed by atoms with van der Waals surface area (Å²) in [7, 11) is 0. The zero-order valence-electron chi connectivity index (χ0n) is 7.78. The third-order valence-electron chi connectivity index (χ3n) is 2.24. The van der Waals surface area contributed by atoms with Crippen molar-refractivity contribution in [3.8, 4) is 0 Å². The van der Waals surface area contributed by atoms with Crippen molar-refractivity contribution >= 4 is 0 Å².